The minimum Gasteiger partial charge on any atom is -0.311 e. The van der Waals surface area contributed by atoms with Crippen molar-refractivity contribution >= 4 is 0 Å². The largest absolute Gasteiger partial charge is 0.311 e. The number of hydrogen-bond acceptors (Lipinski definition) is 2. The summed E-state index contributed by atoms with van der Waals surface area (Å²) in [6, 6.07) is 10.4. The Balaban J connectivity index is 1.74. The van der Waals surface area contributed by atoms with E-state index in [1.807, 2.05) is 0 Å². The predicted molar refractivity (Wildman–Crippen MR) is 71.0 cm³/mol. The van der Waals surface area contributed by atoms with E-state index in [-0.39, 0.29) is 0 Å². The highest BCUT2D eigenvalue weighted by Crippen LogP contribution is 2.25. The zero-order valence-corrected chi connectivity index (χ0v) is 10.7. The molecule has 17 heavy (non-hydrogen) atoms. The van der Waals surface area contributed by atoms with Crippen molar-refractivity contribution in [2.45, 2.75) is 44.8 Å². The summed E-state index contributed by atoms with van der Waals surface area (Å²) in [7, 11) is 0. The number of nitrogens with one attached hydrogen (secondary N) is 1. The zero-order valence-electron chi connectivity index (χ0n) is 10.7. The standard InChI is InChI=1S/C15H22N2/c1-2-5-14-11-17-10-13-7-4-3-6-12(13)8-15(17)9-16-14/h3-4,6-7,14-16H,2,5,8-11H2,1H3. The van der Waals surface area contributed by atoms with Gasteiger partial charge in [-0.25, -0.2) is 0 Å². The van der Waals surface area contributed by atoms with Crippen LogP contribution in [-0.4, -0.2) is 30.1 Å². The summed E-state index contributed by atoms with van der Waals surface area (Å²) in [5, 5.41) is 3.71. The third-order valence-corrected chi connectivity index (χ3v) is 4.20. The fourth-order valence-electron chi connectivity index (χ4n) is 3.25. The fraction of sp³-hybridized carbons (Fsp3) is 0.600. The van der Waals surface area contributed by atoms with Crippen LogP contribution in [0.2, 0.25) is 0 Å². The normalized spacial score (nSPS) is 28.5. The monoisotopic (exact) mass is 230 g/mol. The van der Waals surface area contributed by atoms with Gasteiger partial charge in [0.15, 0.2) is 0 Å². The Labute approximate surface area is 104 Å². The molecule has 0 aliphatic carbocycles. The minimum atomic E-state index is 0.710. The number of hydrogen-bond donors (Lipinski definition) is 1. The number of nitrogens with zero attached hydrogens (tertiary/aromatic N) is 1. The molecule has 1 aromatic carbocycles. The first-order chi connectivity index (χ1) is 8.36. The molecular weight excluding hydrogens is 208 g/mol. The Kier molecular flexibility index (Phi) is 3.17. The maximum Gasteiger partial charge on any atom is 0.0265 e. The lowest BCUT2D eigenvalue weighted by Gasteiger charge is -2.43. The van der Waals surface area contributed by atoms with Crippen LogP contribution >= 0.6 is 0 Å². The minimum absolute atomic E-state index is 0.710. The molecule has 0 radical (unpaired) electrons. The third-order valence-electron chi connectivity index (χ3n) is 4.20. The van der Waals surface area contributed by atoms with E-state index in [0.29, 0.717) is 6.04 Å². The molecule has 0 spiro atoms. The number of rotatable bonds is 2. The summed E-state index contributed by atoms with van der Waals surface area (Å²) >= 11 is 0. The van der Waals surface area contributed by atoms with E-state index in [1.165, 1.54) is 32.4 Å². The van der Waals surface area contributed by atoms with Crippen molar-refractivity contribution in [1.29, 1.82) is 0 Å². The van der Waals surface area contributed by atoms with Crippen molar-refractivity contribution < 1.29 is 0 Å². The molecule has 92 valence electrons. The van der Waals surface area contributed by atoms with Crippen LogP contribution in [0.1, 0.15) is 30.9 Å². The van der Waals surface area contributed by atoms with Gasteiger partial charge in [0.2, 0.25) is 0 Å². The summed E-state index contributed by atoms with van der Waals surface area (Å²) in [5.74, 6) is 0. The molecule has 2 atom stereocenters. The van der Waals surface area contributed by atoms with Crippen LogP contribution < -0.4 is 5.32 Å². The van der Waals surface area contributed by atoms with E-state index in [4.69, 9.17) is 0 Å². The van der Waals surface area contributed by atoms with Gasteiger partial charge in [0, 0.05) is 31.7 Å². The maximum atomic E-state index is 3.71. The van der Waals surface area contributed by atoms with E-state index in [1.54, 1.807) is 11.1 Å². The summed E-state index contributed by atoms with van der Waals surface area (Å²) in [6.07, 6.45) is 3.82. The lowest BCUT2D eigenvalue weighted by Crippen LogP contribution is -2.58. The number of piperazine rings is 1. The molecule has 0 aromatic heterocycles. The highest BCUT2D eigenvalue weighted by molar-refractivity contribution is 5.30. The second-order valence-corrected chi connectivity index (χ2v) is 5.45. The molecule has 2 heteroatoms. The quantitative estimate of drug-likeness (QED) is 0.838. The highest BCUT2D eigenvalue weighted by Gasteiger charge is 2.31. The summed E-state index contributed by atoms with van der Waals surface area (Å²) in [6.45, 7) is 5.83. The van der Waals surface area contributed by atoms with Gasteiger partial charge in [-0.3, -0.25) is 4.90 Å². The van der Waals surface area contributed by atoms with Crippen LogP contribution in [0.5, 0.6) is 0 Å². The van der Waals surface area contributed by atoms with Crippen LogP contribution in [0, 0.1) is 0 Å². The molecule has 2 unspecified atom stereocenters. The first-order valence-electron chi connectivity index (χ1n) is 6.91. The van der Waals surface area contributed by atoms with E-state index >= 15 is 0 Å². The van der Waals surface area contributed by atoms with Gasteiger partial charge >= 0.3 is 0 Å². The van der Waals surface area contributed by atoms with Crippen LogP contribution in [0.15, 0.2) is 24.3 Å². The number of benzene rings is 1. The maximum absolute atomic E-state index is 3.71. The van der Waals surface area contributed by atoms with E-state index in [9.17, 15) is 0 Å². The lowest BCUT2D eigenvalue weighted by atomic mass is 9.91. The molecular formula is C15H22N2. The molecule has 1 fully saturated rings. The van der Waals surface area contributed by atoms with Crippen molar-refractivity contribution in [2.75, 3.05) is 13.1 Å². The van der Waals surface area contributed by atoms with Gasteiger partial charge in [-0.1, -0.05) is 37.6 Å². The van der Waals surface area contributed by atoms with E-state index < -0.39 is 0 Å². The van der Waals surface area contributed by atoms with Gasteiger partial charge in [-0.05, 0) is 24.0 Å². The van der Waals surface area contributed by atoms with E-state index in [2.05, 4.69) is 41.4 Å². The summed E-state index contributed by atoms with van der Waals surface area (Å²) in [5.41, 5.74) is 3.10. The van der Waals surface area contributed by atoms with Crippen LogP contribution in [0.4, 0.5) is 0 Å². The van der Waals surface area contributed by atoms with Crippen LogP contribution in [0.3, 0.4) is 0 Å². The average Bonchev–Trinajstić information content (AvgIpc) is 2.36. The smallest absolute Gasteiger partial charge is 0.0265 e. The Morgan fingerprint density at radius 2 is 2.12 bits per heavy atom. The second kappa shape index (κ2) is 4.79. The Morgan fingerprint density at radius 3 is 2.94 bits per heavy atom. The second-order valence-electron chi connectivity index (χ2n) is 5.45. The Bertz CT molecular complexity index is 388. The molecule has 2 aliphatic rings. The molecule has 1 saturated heterocycles. The van der Waals surface area contributed by atoms with Gasteiger partial charge in [-0.2, -0.15) is 0 Å². The van der Waals surface area contributed by atoms with Gasteiger partial charge in [0.05, 0.1) is 0 Å². The topological polar surface area (TPSA) is 15.3 Å². The Hall–Kier alpha value is -0.860. The fourth-order valence-corrected chi connectivity index (χ4v) is 3.25. The average molecular weight is 230 g/mol. The van der Waals surface area contributed by atoms with Gasteiger partial charge in [-0.15, -0.1) is 0 Å². The molecule has 2 nitrogen and oxygen atoms in total. The lowest BCUT2D eigenvalue weighted by molar-refractivity contribution is 0.108. The van der Waals surface area contributed by atoms with Crippen LogP contribution in [-0.2, 0) is 13.0 Å². The predicted octanol–water partition coefficient (Wildman–Crippen LogP) is 2.19. The first-order valence-corrected chi connectivity index (χ1v) is 6.91. The molecule has 1 aromatic rings. The summed E-state index contributed by atoms with van der Waals surface area (Å²) in [4.78, 5) is 2.68. The molecule has 1 N–H and O–H groups in total. The summed E-state index contributed by atoms with van der Waals surface area (Å²) < 4.78 is 0. The molecule has 0 amide bonds. The molecule has 2 heterocycles. The van der Waals surface area contributed by atoms with Crippen LogP contribution in [0.25, 0.3) is 0 Å². The number of fused-ring (bicyclic) bond motifs is 2. The van der Waals surface area contributed by atoms with Crippen molar-refractivity contribution in [3.63, 3.8) is 0 Å². The third kappa shape index (κ3) is 2.24. The van der Waals surface area contributed by atoms with E-state index in [0.717, 1.165) is 12.6 Å². The van der Waals surface area contributed by atoms with Crippen molar-refractivity contribution in [3.8, 4) is 0 Å². The van der Waals surface area contributed by atoms with Crippen molar-refractivity contribution in [2.24, 2.45) is 0 Å². The molecule has 0 saturated carbocycles. The first kappa shape index (κ1) is 11.2. The van der Waals surface area contributed by atoms with Gasteiger partial charge in [0.25, 0.3) is 0 Å². The molecule has 2 aliphatic heterocycles. The highest BCUT2D eigenvalue weighted by atomic mass is 15.2. The molecule has 3 rings (SSSR count). The SMILES string of the molecule is CCCC1CN2Cc3ccccc3CC2CN1. The zero-order chi connectivity index (χ0) is 11.7. The van der Waals surface area contributed by atoms with Crippen molar-refractivity contribution in [1.82, 2.24) is 10.2 Å². The van der Waals surface area contributed by atoms with Gasteiger partial charge in [0.1, 0.15) is 0 Å². The Morgan fingerprint density at radius 1 is 1.29 bits per heavy atom. The van der Waals surface area contributed by atoms with Gasteiger partial charge < -0.3 is 5.32 Å². The molecule has 0 bridgehead atoms. The van der Waals surface area contributed by atoms with Crippen molar-refractivity contribution in [3.05, 3.63) is 35.4 Å².